The number of halogens is 1. The van der Waals surface area contributed by atoms with Crippen LogP contribution in [0.4, 0.5) is 16.6 Å². The Bertz CT molecular complexity index is 1170. The van der Waals surface area contributed by atoms with Crippen molar-refractivity contribution in [3.8, 4) is 5.69 Å². The number of benzene rings is 1. The minimum Gasteiger partial charge on any atom is -0.343 e. The van der Waals surface area contributed by atoms with Gasteiger partial charge in [-0.05, 0) is 49.9 Å². The predicted molar refractivity (Wildman–Crippen MR) is 129 cm³/mol. The first kappa shape index (κ1) is 21.7. The summed E-state index contributed by atoms with van der Waals surface area (Å²) >= 11 is 6.14. The van der Waals surface area contributed by atoms with Crippen LogP contribution in [-0.2, 0) is 5.54 Å². The Morgan fingerprint density at radius 1 is 1.24 bits per heavy atom. The van der Waals surface area contributed by atoms with Crippen LogP contribution in [0.15, 0.2) is 49.1 Å². The summed E-state index contributed by atoms with van der Waals surface area (Å²) in [5, 5.41) is 4.18. The molecule has 5 rings (SSSR count). The number of likely N-dealkylation sites (N-methyl/N-ethyl adjacent to an activating group) is 1. The van der Waals surface area contributed by atoms with Gasteiger partial charge in [0, 0.05) is 36.2 Å². The fraction of sp³-hybridized carbons (Fsp3) is 0.417. The number of carbonyl (C=O) groups is 1. The molecule has 172 valence electrons. The maximum Gasteiger partial charge on any atom is 0.326 e. The van der Waals surface area contributed by atoms with Gasteiger partial charge in [-0.3, -0.25) is 4.90 Å². The summed E-state index contributed by atoms with van der Waals surface area (Å²) in [6.07, 6.45) is 7.41. The molecule has 2 fully saturated rings. The zero-order valence-electron chi connectivity index (χ0n) is 19.1. The van der Waals surface area contributed by atoms with Crippen LogP contribution in [0.2, 0.25) is 5.02 Å². The number of imidazole rings is 1. The molecule has 8 nitrogen and oxygen atoms in total. The SMILES string of the molecule is CCN1CC(C(C)C)N(c2ccnc(NC3(c4cn(-c5cccc(Cl)c5)cn4)CC3)n2)C1=O. The van der Waals surface area contributed by atoms with Crippen molar-refractivity contribution in [1.29, 1.82) is 0 Å². The van der Waals surface area contributed by atoms with Gasteiger partial charge in [0.1, 0.15) is 5.82 Å². The molecule has 1 aromatic carbocycles. The molecule has 3 heterocycles. The molecule has 0 radical (unpaired) electrons. The second kappa shape index (κ2) is 8.33. The van der Waals surface area contributed by atoms with Crippen LogP contribution in [0.3, 0.4) is 0 Å². The van der Waals surface area contributed by atoms with Crippen LogP contribution < -0.4 is 10.2 Å². The molecule has 2 aliphatic rings. The minimum atomic E-state index is -0.301. The highest BCUT2D eigenvalue weighted by molar-refractivity contribution is 6.30. The largest absolute Gasteiger partial charge is 0.343 e. The van der Waals surface area contributed by atoms with Gasteiger partial charge in [0.25, 0.3) is 0 Å². The summed E-state index contributed by atoms with van der Waals surface area (Å²) in [4.78, 5) is 30.5. The number of hydrogen-bond donors (Lipinski definition) is 1. The highest BCUT2D eigenvalue weighted by atomic mass is 35.5. The molecule has 2 amide bonds. The zero-order valence-corrected chi connectivity index (χ0v) is 19.8. The highest BCUT2D eigenvalue weighted by Crippen LogP contribution is 2.47. The molecule has 3 aromatic rings. The first-order chi connectivity index (χ1) is 15.9. The first-order valence-corrected chi connectivity index (χ1v) is 11.8. The molecule has 0 bridgehead atoms. The van der Waals surface area contributed by atoms with Crippen LogP contribution in [-0.4, -0.2) is 49.6 Å². The van der Waals surface area contributed by atoms with E-state index in [1.165, 1.54) is 0 Å². The fourth-order valence-corrected chi connectivity index (χ4v) is 4.58. The Hall–Kier alpha value is -3.13. The van der Waals surface area contributed by atoms with Crippen molar-refractivity contribution in [3.63, 3.8) is 0 Å². The third-order valence-electron chi connectivity index (χ3n) is 6.53. The van der Waals surface area contributed by atoms with Crippen molar-refractivity contribution in [2.75, 3.05) is 23.3 Å². The van der Waals surface area contributed by atoms with E-state index in [9.17, 15) is 4.79 Å². The van der Waals surface area contributed by atoms with E-state index in [2.05, 4.69) is 29.1 Å². The molecule has 0 spiro atoms. The second-order valence-electron chi connectivity index (χ2n) is 9.09. The quantitative estimate of drug-likeness (QED) is 0.547. The van der Waals surface area contributed by atoms with E-state index in [-0.39, 0.29) is 17.6 Å². The number of nitrogens with one attached hydrogen (secondary N) is 1. The average Bonchev–Trinajstić information content (AvgIpc) is 3.25. The van der Waals surface area contributed by atoms with E-state index in [0.29, 0.717) is 35.8 Å². The summed E-state index contributed by atoms with van der Waals surface area (Å²) in [6, 6.07) is 9.58. The summed E-state index contributed by atoms with van der Waals surface area (Å²) in [7, 11) is 0. The van der Waals surface area contributed by atoms with Gasteiger partial charge in [0.2, 0.25) is 5.95 Å². The Labute approximate surface area is 198 Å². The van der Waals surface area contributed by atoms with E-state index in [1.54, 1.807) is 12.5 Å². The number of amides is 2. The molecular weight excluding hydrogens is 438 g/mol. The van der Waals surface area contributed by atoms with Gasteiger partial charge in [-0.2, -0.15) is 4.98 Å². The topological polar surface area (TPSA) is 79.2 Å². The Morgan fingerprint density at radius 2 is 2.06 bits per heavy atom. The smallest absolute Gasteiger partial charge is 0.326 e. The van der Waals surface area contributed by atoms with E-state index in [4.69, 9.17) is 16.6 Å². The van der Waals surface area contributed by atoms with Gasteiger partial charge in [0.05, 0.1) is 23.6 Å². The summed E-state index contributed by atoms with van der Waals surface area (Å²) < 4.78 is 1.97. The highest BCUT2D eigenvalue weighted by Gasteiger charge is 2.47. The van der Waals surface area contributed by atoms with Gasteiger partial charge in [-0.1, -0.05) is 31.5 Å². The van der Waals surface area contributed by atoms with E-state index in [0.717, 1.165) is 24.2 Å². The first-order valence-electron chi connectivity index (χ1n) is 11.4. The third kappa shape index (κ3) is 4.04. The number of aromatic nitrogens is 4. The normalized spacial score (nSPS) is 19.4. The number of anilines is 2. The molecular formula is C24H28ClN7O. The Balaban J connectivity index is 1.39. The van der Waals surface area contributed by atoms with Crippen LogP contribution in [0.5, 0.6) is 0 Å². The maximum absolute atomic E-state index is 13.0. The van der Waals surface area contributed by atoms with Gasteiger partial charge < -0.3 is 14.8 Å². The monoisotopic (exact) mass is 465 g/mol. The standard InChI is InChI=1S/C24H28ClN7O/c1-4-30-13-19(16(2)3)32(23(30)33)21-8-11-26-22(28-21)29-24(9-10-24)20-14-31(15-27-20)18-7-5-6-17(25)12-18/h5-8,11-12,14-16,19H,4,9-10,13H2,1-3H3,(H,26,28,29). The van der Waals surface area contributed by atoms with Gasteiger partial charge in [-0.15, -0.1) is 0 Å². The number of urea groups is 1. The summed E-state index contributed by atoms with van der Waals surface area (Å²) in [6.45, 7) is 7.68. The lowest BCUT2D eigenvalue weighted by Gasteiger charge is -2.25. The zero-order chi connectivity index (χ0) is 23.2. The average molecular weight is 466 g/mol. The molecule has 1 unspecified atom stereocenters. The molecule has 1 atom stereocenters. The van der Waals surface area contributed by atoms with Crippen molar-refractivity contribution >= 4 is 29.4 Å². The number of rotatable bonds is 7. The second-order valence-corrected chi connectivity index (χ2v) is 9.53. The van der Waals surface area contributed by atoms with E-state index < -0.39 is 0 Å². The van der Waals surface area contributed by atoms with Crippen LogP contribution in [0, 0.1) is 5.92 Å². The van der Waals surface area contributed by atoms with Gasteiger partial charge >= 0.3 is 6.03 Å². The van der Waals surface area contributed by atoms with Crippen LogP contribution in [0.25, 0.3) is 5.69 Å². The Morgan fingerprint density at radius 3 is 2.76 bits per heavy atom. The molecule has 33 heavy (non-hydrogen) atoms. The Kier molecular flexibility index (Phi) is 5.48. The molecule has 9 heteroatoms. The van der Waals surface area contributed by atoms with Crippen LogP contribution in [0.1, 0.15) is 39.3 Å². The van der Waals surface area contributed by atoms with Crippen molar-refractivity contribution in [2.45, 2.75) is 45.2 Å². The maximum atomic E-state index is 13.0. The molecule has 1 saturated carbocycles. The predicted octanol–water partition coefficient (Wildman–Crippen LogP) is 4.70. The number of hydrogen-bond acceptors (Lipinski definition) is 5. The molecule has 1 aliphatic heterocycles. The van der Waals surface area contributed by atoms with Gasteiger partial charge in [0.15, 0.2) is 0 Å². The van der Waals surface area contributed by atoms with Crippen molar-refractivity contribution in [1.82, 2.24) is 24.4 Å². The van der Waals surface area contributed by atoms with Crippen molar-refractivity contribution in [2.24, 2.45) is 5.92 Å². The number of nitrogens with zero attached hydrogens (tertiary/aromatic N) is 6. The van der Waals surface area contributed by atoms with Crippen molar-refractivity contribution < 1.29 is 4.79 Å². The van der Waals surface area contributed by atoms with E-state index in [1.807, 2.05) is 57.8 Å². The fourth-order valence-electron chi connectivity index (χ4n) is 4.40. The summed E-state index contributed by atoms with van der Waals surface area (Å²) in [5.41, 5.74) is 1.60. The lowest BCUT2D eigenvalue weighted by molar-refractivity contribution is 0.222. The third-order valence-corrected chi connectivity index (χ3v) is 6.77. The lowest BCUT2D eigenvalue weighted by atomic mass is 10.0. The lowest BCUT2D eigenvalue weighted by Crippen LogP contribution is -2.38. The summed E-state index contributed by atoms with van der Waals surface area (Å²) in [5.74, 6) is 1.46. The molecule has 1 saturated heterocycles. The van der Waals surface area contributed by atoms with Crippen LogP contribution >= 0.6 is 11.6 Å². The van der Waals surface area contributed by atoms with E-state index >= 15 is 0 Å². The van der Waals surface area contributed by atoms with Crippen molar-refractivity contribution in [3.05, 3.63) is 59.8 Å². The molecule has 1 N–H and O–H groups in total. The number of carbonyl (C=O) groups excluding carboxylic acids is 1. The molecule has 1 aliphatic carbocycles. The van der Waals surface area contributed by atoms with Gasteiger partial charge in [-0.25, -0.2) is 14.8 Å². The minimum absolute atomic E-state index is 0.00208. The molecule has 2 aromatic heterocycles.